The lowest BCUT2D eigenvalue weighted by Crippen LogP contribution is -2.11. The van der Waals surface area contributed by atoms with E-state index in [4.69, 9.17) is 14.2 Å². The van der Waals surface area contributed by atoms with Gasteiger partial charge in [-0.15, -0.1) is 0 Å². The Balaban J connectivity index is 1.53. The third kappa shape index (κ3) is 6.21. The van der Waals surface area contributed by atoms with Crippen LogP contribution in [0.4, 0.5) is 0 Å². The monoisotopic (exact) mass is 404 g/mol. The Morgan fingerprint density at radius 2 is 1.50 bits per heavy atom. The molecule has 0 saturated heterocycles. The maximum Gasteiger partial charge on any atom is 0.343 e. The van der Waals surface area contributed by atoms with Gasteiger partial charge in [0.1, 0.15) is 11.5 Å². The van der Waals surface area contributed by atoms with E-state index < -0.39 is 11.9 Å². The molecule has 154 valence electrons. The Morgan fingerprint density at radius 1 is 0.767 bits per heavy atom. The molecule has 0 aromatic heterocycles. The molecular weight excluding hydrogens is 380 g/mol. The molecule has 0 aliphatic carbocycles. The van der Waals surface area contributed by atoms with E-state index in [-0.39, 0.29) is 6.10 Å². The van der Waals surface area contributed by atoms with E-state index in [0.29, 0.717) is 35.7 Å². The van der Waals surface area contributed by atoms with Crippen molar-refractivity contribution < 1.29 is 23.8 Å². The van der Waals surface area contributed by atoms with Gasteiger partial charge in [0.2, 0.25) is 0 Å². The Kier molecular flexibility index (Phi) is 7.22. The molecule has 0 bridgehead atoms. The summed E-state index contributed by atoms with van der Waals surface area (Å²) in [5.74, 6) is 0.0359. The van der Waals surface area contributed by atoms with Gasteiger partial charge in [-0.3, -0.25) is 0 Å². The normalized spacial score (nSPS) is 10.5. The number of rotatable bonds is 8. The van der Waals surface area contributed by atoms with Crippen molar-refractivity contribution in [2.24, 2.45) is 0 Å². The van der Waals surface area contributed by atoms with Crippen LogP contribution in [0.15, 0.2) is 78.9 Å². The Bertz CT molecular complexity index is 978. The van der Waals surface area contributed by atoms with Crippen LogP contribution >= 0.6 is 0 Å². The molecule has 3 aromatic carbocycles. The second kappa shape index (κ2) is 10.3. The molecule has 5 heteroatoms. The number of benzene rings is 3. The highest BCUT2D eigenvalue weighted by Crippen LogP contribution is 2.18. The molecule has 0 radical (unpaired) electrons. The van der Waals surface area contributed by atoms with Crippen molar-refractivity contribution in [3.63, 3.8) is 0 Å². The molecule has 0 N–H and O–H groups in total. The lowest BCUT2D eigenvalue weighted by Gasteiger charge is -2.11. The maximum atomic E-state index is 12.4. The van der Waals surface area contributed by atoms with Crippen LogP contribution in [-0.2, 0) is 11.2 Å². The third-order valence-electron chi connectivity index (χ3n) is 4.21. The fraction of sp³-hybridized carbons (Fsp3) is 0.200. The molecule has 30 heavy (non-hydrogen) atoms. The second-order valence-electron chi connectivity index (χ2n) is 6.98. The van der Waals surface area contributed by atoms with E-state index >= 15 is 0 Å². The summed E-state index contributed by atoms with van der Waals surface area (Å²) >= 11 is 0. The number of hydrogen-bond donors (Lipinski definition) is 0. The van der Waals surface area contributed by atoms with Gasteiger partial charge >= 0.3 is 11.9 Å². The van der Waals surface area contributed by atoms with Crippen LogP contribution in [0.1, 0.15) is 40.1 Å². The summed E-state index contributed by atoms with van der Waals surface area (Å²) in [5, 5.41) is 0. The van der Waals surface area contributed by atoms with Crippen LogP contribution in [0.5, 0.6) is 11.5 Å². The van der Waals surface area contributed by atoms with Gasteiger partial charge in [-0.25, -0.2) is 9.59 Å². The van der Waals surface area contributed by atoms with Gasteiger partial charge in [0.15, 0.2) is 0 Å². The molecule has 0 spiro atoms. The summed E-state index contributed by atoms with van der Waals surface area (Å²) in [7, 11) is 0. The van der Waals surface area contributed by atoms with Crippen molar-refractivity contribution in [3.05, 3.63) is 95.6 Å². The zero-order valence-electron chi connectivity index (χ0n) is 17.0. The zero-order chi connectivity index (χ0) is 21.3. The van der Waals surface area contributed by atoms with Crippen LogP contribution in [-0.4, -0.2) is 24.6 Å². The summed E-state index contributed by atoms with van der Waals surface area (Å²) in [6, 6.07) is 22.9. The Hall–Kier alpha value is -3.60. The highest BCUT2D eigenvalue weighted by Gasteiger charge is 2.12. The molecule has 0 unspecified atom stereocenters. The van der Waals surface area contributed by atoms with E-state index in [9.17, 15) is 9.59 Å². The first-order valence-corrected chi connectivity index (χ1v) is 9.81. The highest BCUT2D eigenvalue weighted by molar-refractivity contribution is 5.92. The van der Waals surface area contributed by atoms with Gasteiger partial charge in [-0.1, -0.05) is 36.4 Å². The molecule has 3 aromatic rings. The fourth-order valence-corrected chi connectivity index (χ4v) is 2.78. The zero-order valence-corrected chi connectivity index (χ0v) is 17.0. The van der Waals surface area contributed by atoms with E-state index in [1.54, 1.807) is 48.5 Å². The van der Waals surface area contributed by atoms with E-state index in [1.807, 2.05) is 44.2 Å². The van der Waals surface area contributed by atoms with Crippen molar-refractivity contribution in [2.45, 2.75) is 26.4 Å². The summed E-state index contributed by atoms with van der Waals surface area (Å²) in [5.41, 5.74) is 1.89. The van der Waals surface area contributed by atoms with Crippen LogP contribution in [0.2, 0.25) is 0 Å². The highest BCUT2D eigenvalue weighted by atomic mass is 16.5. The first-order valence-electron chi connectivity index (χ1n) is 9.81. The SMILES string of the molecule is CC(C)Oc1cccc(C(=O)Oc2ccc(C(=O)OCCc3ccccc3)cc2)c1. The summed E-state index contributed by atoms with van der Waals surface area (Å²) in [4.78, 5) is 24.5. The van der Waals surface area contributed by atoms with Crippen LogP contribution in [0.3, 0.4) is 0 Å². The number of esters is 2. The van der Waals surface area contributed by atoms with Crippen molar-refractivity contribution in [3.8, 4) is 11.5 Å². The molecular formula is C25H24O5. The predicted octanol–water partition coefficient (Wildman–Crippen LogP) is 5.09. The average Bonchev–Trinajstić information content (AvgIpc) is 2.74. The molecule has 3 rings (SSSR count). The minimum atomic E-state index is -0.498. The van der Waals surface area contributed by atoms with E-state index in [2.05, 4.69) is 0 Å². The molecule has 0 saturated carbocycles. The van der Waals surface area contributed by atoms with Gasteiger partial charge in [0.05, 0.1) is 23.8 Å². The first kappa shape index (κ1) is 21.1. The number of hydrogen-bond acceptors (Lipinski definition) is 5. The van der Waals surface area contributed by atoms with Crippen LogP contribution in [0, 0.1) is 0 Å². The molecule has 0 heterocycles. The van der Waals surface area contributed by atoms with Crippen LogP contribution < -0.4 is 9.47 Å². The average molecular weight is 404 g/mol. The summed E-state index contributed by atoms with van der Waals surface area (Å²) in [6.45, 7) is 4.13. The lowest BCUT2D eigenvalue weighted by molar-refractivity contribution is 0.0509. The smallest absolute Gasteiger partial charge is 0.343 e. The Labute approximate surface area is 176 Å². The Morgan fingerprint density at radius 3 is 2.20 bits per heavy atom. The van der Waals surface area contributed by atoms with Crippen LogP contribution in [0.25, 0.3) is 0 Å². The standard InChI is InChI=1S/C25H24O5/c1-18(2)29-23-10-6-9-21(17-23)25(27)30-22-13-11-20(12-14-22)24(26)28-16-15-19-7-4-3-5-8-19/h3-14,17-18H,15-16H2,1-2H3. The van der Waals surface area contributed by atoms with Gasteiger partial charge in [-0.2, -0.15) is 0 Å². The van der Waals surface area contributed by atoms with Gasteiger partial charge in [-0.05, 0) is 61.9 Å². The van der Waals surface area contributed by atoms with Crippen molar-refractivity contribution >= 4 is 11.9 Å². The number of carbonyl (C=O) groups excluding carboxylic acids is 2. The topological polar surface area (TPSA) is 61.8 Å². The fourth-order valence-electron chi connectivity index (χ4n) is 2.78. The minimum absolute atomic E-state index is 0.0104. The van der Waals surface area contributed by atoms with E-state index in [0.717, 1.165) is 5.56 Å². The summed E-state index contributed by atoms with van der Waals surface area (Å²) < 4.78 is 16.3. The van der Waals surface area contributed by atoms with Crippen molar-refractivity contribution in [2.75, 3.05) is 6.61 Å². The van der Waals surface area contributed by atoms with Gasteiger partial charge in [0, 0.05) is 6.42 Å². The molecule has 0 fully saturated rings. The predicted molar refractivity (Wildman–Crippen MR) is 114 cm³/mol. The molecule has 0 amide bonds. The maximum absolute atomic E-state index is 12.4. The van der Waals surface area contributed by atoms with Crippen molar-refractivity contribution in [1.82, 2.24) is 0 Å². The van der Waals surface area contributed by atoms with Gasteiger partial charge < -0.3 is 14.2 Å². The largest absolute Gasteiger partial charge is 0.491 e. The van der Waals surface area contributed by atoms with Gasteiger partial charge in [0.25, 0.3) is 0 Å². The van der Waals surface area contributed by atoms with Crippen molar-refractivity contribution in [1.29, 1.82) is 0 Å². The molecule has 0 aliphatic heterocycles. The number of ether oxygens (including phenoxy) is 3. The second-order valence-corrected chi connectivity index (χ2v) is 6.98. The first-order chi connectivity index (χ1) is 14.5. The lowest BCUT2D eigenvalue weighted by atomic mass is 10.2. The minimum Gasteiger partial charge on any atom is -0.491 e. The van der Waals surface area contributed by atoms with E-state index in [1.165, 1.54) is 0 Å². The third-order valence-corrected chi connectivity index (χ3v) is 4.21. The number of carbonyl (C=O) groups is 2. The molecule has 0 aliphatic rings. The molecule has 0 atom stereocenters. The quantitative estimate of drug-likeness (QED) is 0.386. The summed E-state index contributed by atoms with van der Waals surface area (Å²) in [6.07, 6.45) is 0.665. The molecule has 5 nitrogen and oxygen atoms in total.